The van der Waals surface area contributed by atoms with Crippen LogP contribution in [0.4, 0.5) is 4.79 Å². The van der Waals surface area contributed by atoms with Crippen molar-refractivity contribution in [2.24, 2.45) is 11.1 Å². The van der Waals surface area contributed by atoms with E-state index in [0.29, 0.717) is 22.4 Å². The first kappa shape index (κ1) is 16.9. The molecule has 0 bridgehead atoms. The molecule has 1 aliphatic heterocycles. The Balaban J connectivity index is 2.06. The molecule has 1 heterocycles. The van der Waals surface area contributed by atoms with Gasteiger partial charge in [0.15, 0.2) is 0 Å². The molecule has 6 heteroatoms. The van der Waals surface area contributed by atoms with E-state index in [9.17, 15) is 4.79 Å². The van der Waals surface area contributed by atoms with Crippen LogP contribution in [0.1, 0.15) is 25.5 Å². The standard InChI is InChI=1S/C18H17Cl2NO3/c1-18(2)9-23-15-7-10(13-8-11(19)4-6-14(13)20)3-5-12(15)16(18)24-17(21)22/h3-8,16H,9H2,1-2H3,(H2,21,22). The van der Waals surface area contributed by atoms with E-state index in [0.717, 1.165) is 16.7 Å². The second kappa shape index (κ2) is 6.19. The topological polar surface area (TPSA) is 61.6 Å². The van der Waals surface area contributed by atoms with Crippen LogP contribution >= 0.6 is 23.2 Å². The Kier molecular flexibility index (Phi) is 4.37. The molecule has 1 atom stereocenters. The molecule has 0 saturated heterocycles. The monoisotopic (exact) mass is 365 g/mol. The van der Waals surface area contributed by atoms with Crippen molar-refractivity contribution in [3.63, 3.8) is 0 Å². The number of fused-ring (bicyclic) bond motifs is 1. The third-order valence-electron chi connectivity index (χ3n) is 4.08. The van der Waals surface area contributed by atoms with Gasteiger partial charge in [0.25, 0.3) is 0 Å². The van der Waals surface area contributed by atoms with Crippen LogP contribution in [0.5, 0.6) is 5.75 Å². The minimum Gasteiger partial charge on any atom is -0.492 e. The summed E-state index contributed by atoms with van der Waals surface area (Å²) in [5, 5.41) is 1.20. The van der Waals surface area contributed by atoms with E-state index < -0.39 is 12.2 Å². The lowest BCUT2D eigenvalue weighted by Crippen LogP contribution is -2.37. The number of benzene rings is 2. The van der Waals surface area contributed by atoms with Crippen LogP contribution in [0.25, 0.3) is 11.1 Å². The number of primary amides is 1. The number of ether oxygens (including phenoxy) is 2. The van der Waals surface area contributed by atoms with Gasteiger partial charge in [-0.05, 0) is 29.8 Å². The fourth-order valence-electron chi connectivity index (χ4n) is 2.86. The van der Waals surface area contributed by atoms with E-state index >= 15 is 0 Å². The van der Waals surface area contributed by atoms with Gasteiger partial charge in [-0.1, -0.05) is 49.2 Å². The maximum Gasteiger partial charge on any atom is 0.405 e. The summed E-state index contributed by atoms with van der Waals surface area (Å²) in [4.78, 5) is 11.3. The predicted molar refractivity (Wildman–Crippen MR) is 94.6 cm³/mol. The lowest BCUT2D eigenvalue weighted by Gasteiger charge is -2.38. The molecule has 24 heavy (non-hydrogen) atoms. The van der Waals surface area contributed by atoms with Crippen molar-refractivity contribution in [1.82, 2.24) is 0 Å². The van der Waals surface area contributed by atoms with Crippen LogP contribution in [-0.4, -0.2) is 12.7 Å². The molecule has 4 nitrogen and oxygen atoms in total. The summed E-state index contributed by atoms with van der Waals surface area (Å²) >= 11 is 12.3. The van der Waals surface area contributed by atoms with Crippen LogP contribution in [0.15, 0.2) is 36.4 Å². The van der Waals surface area contributed by atoms with Gasteiger partial charge in [0.1, 0.15) is 11.9 Å². The zero-order chi connectivity index (χ0) is 17.5. The summed E-state index contributed by atoms with van der Waals surface area (Å²) in [6.07, 6.45) is -1.27. The number of rotatable bonds is 2. The van der Waals surface area contributed by atoms with Crippen molar-refractivity contribution in [1.29, 1.82) is 0 Å². The van der Waals surface area contributed by atoms with Gasteiger partial charge in [0.2, 0.25) is 0 Å². The van der Waals surface area contributed by atoms with E-state index in [2.05, 4.69) is 0 Å². The van der Waals surface area contributed by atoms with Gasteiger partial charge in [-0.15, -0.1) is 0 Å². The molecule has 2 aromatic carbocycles. The van der Waals surface area contributed by atoms with Crippen LogP contribution in [0, 0.1) is 5.41 Å². The molecule has 2 aromatic rings. The molecule has 1 unspecified atom stereocenters. The van der Waals surface area contributed by atoms with Crippen molar-refractivity contribution < 1.29 is 14.3 Å². The van der Waals surface area contributed by atoms with E-state index in [1.807, 2.05) is 32.0 Å². The van der Waals surface area contributed by atoms with E-state index in [1.165, 1.54) is 0 Å². The van der Waals surface area contributed by atoms with Gasteiger partial charge in [-0.25, -0.2) is 4.79 Å². The van der Waals surface area contributed by atoms with Crippen LogP contribution < -0.4 is 10.5 Å². The molecule has 0 aromatic heterocycles. The zero-order valence-corrected chi connectivity index (χ0v) is 14.8. The first-order valence-electron chi connectivity index (χ1n) is 7.46. The normalized spacial score (nSPS) is 18.4. The molecular weight excluding hydrogens is 349 g/mol. The van der Waals surface area contributed by atoms with Crippen molar-refractivity contribution in [3.8, 4) is 16.9 Å². The minimum atomic E-state index is -0.803. The van der Waals surface area contributed by atoms with Gasteiger partial charge in [-0.2, -0.15) is 0 Å². The number of hydrogen-bond donors (Lipinski definition) is 1. The highest BCUT2D eigenvalue weighted by molar-refractivity contribution is 6.35. The first-order chi connectivity index (χ1) is 11.3. The summed E-state index contributed by atoms with van der Waals surface area (Å²) in [6.45, 7) is 4.33. The van der Waals surface area contributed by atoms with Crippen LogP contribution in [0.2, 0.25) is 10.0 Å². The molecular formula is C18H17Cl2NO3. The molecule has 1 aliphatic rings. The van der Waals surface area contributed by atoms with E-state index in [-0.39, 0.29) is 5.41 Å². The average molecular weight is 366 g/mol. The highest BCUT2D eigenvalue weighted by atomic mass is 35.5. The maximum atomic E-state index is 11.3. The highest BCUT2D eigenvalue weighted by Gasteiger charge is 2.40. The quantitative estimate of drug-likeness (QED) is 0.793. The molecule has 3 rings (SSSR count). The smallest absolute Gasteiger partial charge is 0.405 e. The number of amides is 1. The van der Waals surface area contributed by atoms with Crippen LogP contribution in [0.3, 0.4) is 0 Å². The van der Waals surface area contributed by atoms with E-state index in [1.54, 1.807) is 18.2 Å². The second-order valence-corrected chi connectivity index (χ2v) is 7.31. The van der Waals surface area contributed by atoms with Gasteiger partial charge < -0.3 is 15.2 Å². The Bertz CT molecular complexity index is 805. The van der Waals surface area contributed by atoms with Gasteiger partial charge in [-0.3, -0.25) is 0 Å². The van der Waals surface area contributed by atoms with Crippen molar-refractivity contribution in [2.45, 2.75) is 20.0 Å². The number of carbonyl (C=O) groups is 1. The lowest BCUT2D eigenvalue weighted by atomic mass is 9.80. The first-order valence-corrected chi connectivity index (χ1v) is 8.22. The third-order valence-corrected chi connectivity index (χ3v) is 4.64. The highest BCUT2D eigenvalue weighted by Crippen LogP contribution is 2.46. The minimum absolute atomic E-state index is 0.378. The Morgan fingerprint density at radius 2 is 2.00 bits per heavy atom. The zero-order valence-electron chi connectivity index (χ0n) is 13.3. The SMILES string of the molecule is CC1(C)COc2cc(-c3cc(Cl)ccc3Cl)ccc2C1OC(N)=O. The Morgan fingerprint density at radius 1 is 1.25 bits per heavy atom. The van der Waals surface area contributed by atoms with Gasteiger partial charge in [0.05, 0.1) is 6.61 Å². The molecule has 0 saturated carbocycles. The Morgan fingerprint density at radius 3 is 2.71 bits per heavy atom. The molecule has 2 N–H and O–H groups in total. The van der Waals surface area contributed by atoms with Gasteiger partial charge in [0, 0.05) is 26.6 Å². The van der Waals surface area contributed by atoms with Gasteiger partial charge >= 0.3 is 6.09 Å². The number of halogens is 2. The third kappa shape index (κ3) is 3.17. The molecule has 0 radical (unpaired) electrons. The van der Waals surface area contributed by atoms with Crippen molar-refractivity contribution >= 4 is 29.3 Å². The molecule has 1 amide bonds. The second-order valence-electron chi connectivity index (χ2n) is 6.47. The average Bonchev–Trinajstić information content (AvgIpc) is 2.52. The predicted octanol–water partition coefficient (Wildman–Crippen LogP) is 5.22. The van der Waals surface area contributed by atoms with Crippen molar-refractivity contribution in [2.75, 3.05) is 6.61 Å². The fourth-order valence-corrected chi connectivity index (χ4v) is 3.26. The Labute approximate surface area is 150 Å². The molecule has 0 aliphatic carbocycles. The van der Waals surface area contributed by atoms with Crippen LogP contribution in [-0.2, 0) is 4.74 Å². The molecule has 0 spiro atoms. The van der Waals surface area contributed by atoms with Crippen molar-refractivity contribution in [3.05, 3.63) is 52.0 Å². The number of carbonyl (C=O) groups excluding carboxylic acids is 1. The largest absolute Gasteiger partial charge is 0.492 e. The molecule has 126 valence electrons. The Hall–Kier alpha value is -1.91. The fraction of sp³-hybridized carbons (Fsp3) is 0.278. The lowest BCUT2D eigenvalue weighted by molar-refractivity contribution is -0.0176. The number of nitrogens with two attached hydrogens (primary N) is 1. The summed E-state index contributed by atoms with van der Waals surface area (Å²) in [5.41, 5.74) is 7.32. The number of hydrogen-bond acceptors (Lipinski definition) is 3. The van der Waals surface area contributed by atoms with E-state index in [4.69, 9.17) is 38.4 Å². The molecule has 0 fully saturated rings. The summed E-state index contributed by atoms with van der Waals surface area (Å²) in [7, 11) is 0. The summed E-state index contributed by atoms with van der Waals surface area (Å²) in [6, 6.07) is 10.9. The summed E-state index contributed by atoms with van der Waals surface area (Å²) in [5.74, 6) is 0.647. The maximum absolute atomic E-state index is 11.3. The summed E-state index contributed by atoms with van der Waals surface area (Å²) < 4.78 is 11.2.